The summed E-state index contributed by atoms with van der Waals surface area (Å²) in [6.45, 7) is 0. The maximum Gasteiger partial charge on any atom is 0.161 e. The van der Waals surface area contributed by atoms with Crippen molar-refractivity contribution < 1.29 is 13.9 Å². The highest BCUT2D eigenvalue weighted by Crippen LogP contribution is 2.33. The molecule has 20 heavy (non-hydrogen) atoms. The molecule has 0 bridgehead atoms. The Hall–Kier alpha value is -1.59. The number of hydrogen-bond donors (Lipinski definition) is 1. The summed E-state index contributed by atoms with van der Waals surface area (Å²) in [4.78, 5) is 0. The average molecular weight is 340 g/mol. The first-order valence-corrected chi connectivity index (χ1v) is 6.78. The Balaban J connectivity index is 2.40. The van der Waals surface area contributed by atoms with Gasteiger partial charge in [-0.25, -0.2) is 4.39 Å². The Morgan fingerprint density at radius 1 is 1.05 bits per heavy atom. The number of rotatable bonds is 4. The smallest absolute Gasteiger partial charge is 0.161 e. The molecular formula is C15H15BrFNO2. The Morgan fingerprint density at radius 2 is 1.75 bits per heavy atom. The molecule has 3 nitrogen and oxygen atoms in total. The van der Waals surface area contributed by atoms with Crippen LogP contribution in [0.4, 0.5) is 4.39 Å². The van der Waals surface area contributed by atoms with Crippen LogP contribution in [0.2, 0.25) is 0 Å². The van der Waals surface area contributed by atoms with Crippen LogP contribution >= 0.6 is 15.9 Å². The lowest BCUT2D eigenvalue weighted by molar-refractivity contribution is 0.354. The monoisotopic (exact) mass is 339 g/mol. The minimum Gasteiger partial charge on any atom is -0.493 e. The van der Waals surface area contributed by atoms with Gasteiger partial charge in [0.15, 0.2) is 11.5 Å². The summed E-state index contributed by atoms with van der Waals surface area (Å²) < 4.78 is 24.2. The van der Waals surface area contributed by atoms with E-state index in [2.05, 4.69) is 15.9 Å². The lowest BCUT2D eigenvalue weighted by atomic mass is 9.99. The Kier molecular flexibility index (Phi) is 4.62. The number of hydrogen-bond acceptors (Lipinski definition) is 3. The van der Waals surface area contributed by atoms with Gasteiger partial charge >= 0.3 is 0 Å². The Labute approximate surface area is 125 Å². The molecule has 0 aliphatic heterocycles. The van der Waals surface area contributed by atoms with Gasteiger partial charge in [-0.15, -0.1) is 0 Å². The van der Waals surface area contributed by atoms with Crippen LogP contribution in [-0.4, -0.2) is 14.2 Å². The molecule has 0 fully saturated rings. The quantitative estimate of drug-likeness (QED) is 0.924. The molecule has 2 N–H and O–H groups in total. The van der Waals surface area contributed by atoms with Crippen molar-refractivity contribution in [1.29, 1.82) is 0 Å². The second-order valence-electron chi connectivity index (χ2n) is 4.26. The van der Waals surface area contributed by atoms with Crippen molar-refractivity contribution in [1.82, 2.24) is 0 Å². The number of benzene rings is 2. The molecule has 0 aliphatic rings. The van der Waals surface area contributed by atoms with E-state index in [-0.39, 0.29) is 11.9 Å². The van der Waals surface area contributed by atoms with E-state index in [1.807, 2.05) is 12.1 Å². The highest BCUT2D eigenvalue weighted by Gasteiger charge is 2.15. The standard InChI is InChI=1S/C15H15BrFNO2/c1-19-13-6-3-9(7-14(13)20-2)15(18)11-5-4-10(17)8-12(11)16/h3-8,15H,18H2,1-2H3. The summed E-state index contributed by atoms with van der Waals surface area (Å²) in [6, 6.07) is 9.55. The largest absolute Gasteiger partial charge is 0.493 e. The van der Waals surface area contributed by atoms with Crippen LogP contribution in [0.3, 0.4) is 0 Å². The summed E-state index contributed by atoms with van der Waals surface area (Å²) in [5.74, 6) is 0.945. The van der Waals surface area contributed by atoms with Crippen LogP contribution in [-0.2, 0) is 0 Å². The van der Waals surface area contributed by atoms with Gasteiger partial charge < -0.3 is 15.2 Å². The first-order valence-electron chi connectivity index (χ1n) is 5.99. The lowest BCUT2D eigenvalue weighted by Gasteiger charge is -2.16. The minimum absolute atomic E-state index is 0.305. The molecule has 0 heterocycles. The molecule has 0 saturated carbocycles. The topological polar surface area (TPSA) is 44.5 Å². The van der Waals surface area contributed by atoms with E-state index in [1.165, 1.54) is 12.1 Å². The molecule has 0 spiro atoms. The van der Waals surface area contributed by atoms with Crippen LogP contribution in [0.5, 0.6) is 11.5 Å². The van der Waals surface area contributed by atoms with E-state index in [4.69, 9.17) is 15.2 Å². The summed E-state index contributed by atoms with van der Waals surface area (Å²) >= 11 is 3.33. The van der Waals surface area contributed by atoms with E-state index >= 15 is 0 Å². The predicted octanol–water partition coefficient (Wildman–Crippen LogP) is 3.65. The lowest BCUT2D eigenvalue weighted by Crippen LogP contribution is -2.13. The molecule has 1 unspecified atom stereocenters. The molecule has 2 aromatic carbocycles. The molecule has 0 aliphatic carbocycles. The van der Waals surface area contributed by atoms with E-state index < -0.39 is 0 Å². The van der Waals surface area contributed by atoms with Crippen molar-refractivity contribution in [3.05, 3.63) is 57.8 Å². The van der Waals surface area contributed by atoms with Crippen molar-refractivity contribution in [2.45, 2.75) is 6.04 Å². The van der Waals surface area contributed by atoms with Crippen molar-refractivity contribution in [3.63, 3.8) is 0 Å². The minimum atomic E-state index is -0.384. The SMILES string of the molecule is COc1ccc(C(N)c2ccc(F)cc2Br)cc1OC. The second kappa shape index (κ2) is 6.24. The van der Waals surface area contributed by atoms with E-state index in [1.54, 1.807) is 26.4 Å². The summed E-state index contributed by atoms with van der Waals surface area (Å²) in [7, 11) is 3.15. The third-order valence-corrected chi connectivity index (χ3v) is 3.75. The van der Waals surface area contributed by atoms with Crippen LogP contribution in [0.25, 0.3) is 0 Å². The van der Waals surface area contributed by atoms with Gasteiger partial charge in [-0.3, -0.25) is 0 Å². The molecule has 0 radical (unpaired) electrons. The average Bonchev–Trinajstić information content (AvgIpc) is 2.45. The van der Waals surface area contributed by atoms with Crippen molar-refractivity contribution in [3.8, 4) is 11.5 Å². The van der Waals surface area contributed by atoms with Crippen molar-refractivity contribution in [2.24, 2.45) is 5.73 Å². The highest BCUT2D eigenvalue weighted by atomic mass is 79.9. The van der Waals surface area contributed by atoms with Gasteiger partial charge in [0.05, 0.1) is 20.3 Å². The Morgan fingerprint density at radius 3 is 2.35 bits per heavy atom. The summed E-state index contributed by atoms with van der Waals surface area (Å²) in [6.07, 6.45) is 0. The van der Waals surface area contributed by atoms with E-state index in [0.717, 1.165) is 11.1 Å². The van der Waals surface area contributed by atoms with Crippen LogP contribution < -0.4 is 15.2 Å². The molecule has 2 rings (SSSR count). The molecule has 5 heteroatoms. The second-order valence-corrected chi connectivity index (χ2v) is 5.11. The molecule has 2 aromatic rings. The first kappa shape index (κ1) is 14.8. The number of nitrogens with two attached hydrogens (primary N) is 1. The highest BCUT2D eigenvalue weighted by molar-refractivity contribution is 9.10. The van der Waals surface area contributed by atoms with Gasteiger partial charge in [-0.1, -0.05) is 28.1 Å². The van der Waals surface area contributed by atoms with Crippen LogP contribution in [0.15, 0.2) is 40.9 Å². The molecular weight excluding hydrogens is 325 g/mol. The molecule has 1 atom stereocenters. The van der Waals surface area contributed by atoms with Crippen LogP contribution in [0, 0.1) is 5.82 Å². The van der Waals surface area contributed by atoms with Gasteiger partial charge in [-0.2, -0.15) is 0 Å². The first-order chi connectivity index (χ1) is 9.56. The van der Waals surface area contributed by atoms with Crippen molar-refractivity contribution >= 4 is 15.9 Å². The van der Waals surface area contributed by atoms with Gasteiger partial charge in [0, 0.05) is 4.47 Å². The maximum absolute atomic E-state index is 13.1. The molecule has 0 amide bonds. The van der Waals surface area contributed by atoms with Crippen LogP contribution in [0.1, 0.15) is 17.2 Å². The predicted molar refractivity (Wildman–Crippen MR) is 79.7 cm³/mol. The maximum atomic E-state index is 13.1. The molecule has 0 saturated heterocycles. The van der Waals surface area contributed by atoms with E-state index in [0.29, 0.717) is 16.0 Å². The van der Waals surface area contributed by atoms with E-state index in [9.17, 15) is 4.39 Å². The third kappa shape index (κ3) is 2.94. The zero-order valence-electron chi connectivity index (χ0n) is 11.2. The fraction of sp³-hybridized carbons (Fsp3) is 0.200. The number of methoxy groups -OCH3 is 2. The number of ether oxygens (including phenoxy) is 2. The zero-order valence-corrected chi connectivity index (χ0v) is 12.8. The molecule has 106 valence electrons. The zero-order chi connectivity index (χ0) is 14.7. The van der Waals surface area contributed by atoms with Gasteiger partial charge in [0.1, 0.15) is 5.82 Å². The fourth-order valence-electron chi connectivity index (χ4n) is 1.98. The molecule has 0 aromatic heterocycles. The van der Waals surface area contributed by atoms with Gasteiger partial charge in [-0.05, 0) is 35.4 Å². The van der Waals surface area contributed by atoms with Gasteiger partial charge in [0.25, 0.3) is 0 Å². The van der Waals surface area contributed by atoms with Crippen molar-refractivity contribution in [2.75, 3.05) is 14.2 Å². The van der Waals surface area contributed by atoms with Gasteiger partial charge in [0.2, 0.25) is 0 Å². The summed E-state index contributed by atoms with van der Waals surface area (Å²) in [5.41, 5.74) is 7.89. The number of halogens is 2. The Bertz CT molecular complexity index is 619. The fourth-order valence-corrected chi connectivity index (χ4v) is 2.58. The summed E-state index contributed by atoms with van der Waals surface area (Å²) in [5, 5.41) is 0. The third-order valence-electron chi connectivity index (χ3n) is 3.06. The normalized spacial score (nSPS) is 12.1.